The zero-order valence-electron chi connectivity index (χ0n) is 17.9. The van der Waals surface area contributed by atoms with Gasteiger partial charge in [-0.3, -0.25) is 4.79 Å². The van der Waals surface area contributed by atoms with Crippen molar-refractivity contribution in [3.8, 4) is 0 Å². The van der Waals surface area contributed by atoms with Gasteiger partial charge in [0.2, 0.25) is 10.0 Å². The van der Waals surface area contributed by atoms with Gasteiger partial charge in [0.25, 0.3) is 5.91 Å². The Balaban J connectivity index is 1.62. The summed E-state index contributed by atoms with van der Waals surface area (Å²) in [5, 5.41) is 1.07. The van der Waals surface area contributed by atoms with Crippen LogP contribution < -0.4 is 4.80 Å². The van der Waals surface area contributed by atoms with Crippen molar-refractivity contribution in [2.24, 2.45) is 10.9 Å². The average Bonchev–Trinajstić information content (AvgIpc) is 3.13. The van der Waals surface area contributed by atoms with Gasteiger partial charge < -0.3 is 9.30 Å². The summed E-state index contributed by atoms with van der Waals surface area (Å²) >= 11 is 13.4. The second-order valence-electron chi connectivity index (χ2n) is 7.75. The maximum atomic E-state index is 13.1. The third kappa shape index (κ3) is 5.34. The zero-order valence-corrected chi connectivity index (χ0v) is 21.1. The highest BCUT2D eigenvalue weighted by Crippen LogP contribution is 2.26. The average molecular weight is 528 g/mol. The molecule has 11 heteroatoms. The lowest BCUT2D eigenvalue weighted by Gasteiger charge is -2.30. The van der Waals surface area contributed by atoms with Crippen LogP contribution in [0.25, 0.3) is 10.2 Å². The molecule has 1 amide bonds. The lowest BCUT2D eigenvalue weighted by atomic mass is 9.99. The normalized spacial score (nSPS) is 18.2. The molecule has 7 nitrogen and oxygen atoms in total. The van der Waals surface area contributed by atoms with E-state index in [4.69, 9.17) is 27.9 Å². The predicted octanol–water partition coefficient (Wildman–Crippen LogP) is 4.18. The van der Waals surface area contributed by atoms with Crippen LogP contribution in [-0.2, 0) is 26.1 Å². The Morgan fingerprint density at radius 1 is 1.18 bits per heavy atom. The van der Waals surface area contributed by atoms with Gasteiger partial charge >= 0.3 is 0 Å². The molecule has 0 radical (unpaired) electrons. The van der Waals surface area contributed by atoms with Gasteiger partial charge in [0.1, 0.15) is 0 Å². The number of hydrogen-bond donors (Lipinski definition) is 0. The minimum absolute atomic E-state index is 0.0993. The van der Waals surface area contributed by atoms with Crippen LogP contribution >= 0.6 is 34.5 Å². The van der Waals surface area contributed by atoms with E-state index < -0.39 is 15.9 Å². The van der Waals surface area contributed by atoms with Crippen LogP contribution in [0.2, 0.25) is 10.0 Å². The topological polar surface area (TPSA) is 81.0 Å². The van der Waals surface area contributed by atoms with Crippen molar-refractivity contribution in [2.75, 3.05) is 26.8 Å². The van der Waals surface area contributed by atoms with Crippen LogP contribution in [0.5, 0.6) is 0 Å². The Bertz CT molecular complexity index is 1330. The van der Waals surface area contributed by atoms with Gasteiger partial charge in [-0.25, -0.2) is 8.42 Å². The number of sulfonamides is 1. The second kappa shape index (κ2) is 10.2. The van der Waals surface area contributed by atoms with Crippen LogP contribution in [0.4, 0.5) is 0 Å². The van der Waals surface area contributed by atoms with Crippen LogP contribution in [0.3, 0.4) is 0 Å². The van der Waals surface area contributed by atoms with E-state index in [1.165, 1.54) is 27.8 Å². The van der Waals surface area contributed by atoms with Gasteiger partial charge in [-0.15, -0.1) is 0 Å². The summed E-state index contributed by atoms with van der Waals surface area (Å²) in [6.45, 7) is 1.46. The van der Waals surface area contributed by atoms with Crippen LogP contribution in [0, 0.1) is 5.92 Å². The van der Waals surface area contributed by atoms with E-state index in [0.717, 1.165) is 10.2 Å². The first-order valence-corrected chi connectivity index (χ1v) is 13.4. The van der Waals surface area contributed by atoms with Crippen molar-refractivity contribution in [1.82, 2.24) is 8.87 Å². The monoisotopic (exact) mass is 527 g/mol. The number of rotatable bonds is 6. The number of aromatic nitrogens is 1. The number of piperidine rings is 1. The minimum Gasteiger partial charge on any atom is -0.383 e. The van der Waals surface area contributed by atoms with E-state index in [-0.39, 0.29) is 17.3 Å². The van der Waals surface area contributed by atoms with Crippen molar-refractivity contribution >= 4 is 60.7 Å². The standard InChI is InChI=1S/C22H23Cl2N3O4S2/c1-31-12-11-27-19-9-6-17(24)13-20(19)32-22(27)25-21(28)15-3-2-10-26(14-15)33(29,30)18-7-4-16(23)5-8-18/h4-9,13,15H,2-3,10-12,14H2,1H3. The Morgan fingerprint density at radius 2 is 1.91 bits per heavy atom. The molecular formula is C22H23Cl2N3O4S2. The van der Waals surface area contributed by atoms with Crippen LogP contribution in [-0.4, -0.2) is 50.0 Å². The maximum absolute atomic E-state index is 13.1. The van der Waals surface area contributed by atoms with Crippen molar-refractivity contribution in [3.05, 3.63) is 57.3 Å². The van der Waals surface area contributed by atoms with Crippen LogP contribution in [0.15, 0.2) is 52.4 Å². The highest BCUT2D eigenvalue weighted by molar-refractivity contribution is 7.89. The quantitative estimate of drug-likeness (QED) is 0.481. The van der Waals surface area contributed by atoms with Crippen molar-refractivity contribution in [2.45, 2.75) is 24.3 Å². The van der Waals surface area contributed by atoms with E-state index in [1.807, 2.05) is 16.7 Å². The fourth-order valence-electron chi connectivity index (χ4n) is 3.83. The molecule has 0 N–H and O–H groups in total. The molecule has 2 heterocycles. The summed E-state index contributed by atoms with van der Waals surface area (Å²) in [6, 6.07) is 11.6. The Labute approximate surface area is 206 Å². The number of methoxy groups -OCH3 is 1. The number of halogens is 2. The number of fused-ring (bicyclic) bond motifs is 1. The van der Waals surface area contributed by atoms with Gasteiger partial charge in [-0.2, -0.15) is 9.30 Å². The lowest BCUT2D eigenvalue weighted by Crippen LogP contribution is -2.42. The molecule has 0 aliphatic carbocycles. The molecule has 1 saturated heterocycles. The van der Waals surface area contributed by atoms with E-state index in [1.54, 1.807) is 25.3 Å². The number of carbonyl (C=O) groups is 1. The summed E-state index contributed by atoms with van der Waals surface area (Å²) in [5.74, 6) is -0.833. The molecule has 1 fully saturated rings. The third-order valence-corrected chi connectivity index (χ3v) is 8.96. The number of hydrogen-bond acceptors (Lipinski definition) is 5. The summed E-state index contributed by atoms with van der Waals surface area (Å²) in [7, 11) is -2.10. The molecule has 0 saturated carbocycles. The van der Waals surface area contributed by atoms with E-state index >= 15 is 0 Å². The Morgan fingerprint density at radius 3 is 2.64 bits per heavy atom. The number of benzene rings is 2. The van der Waals surface area contributed by atoms with Crippen molar-refractivity contribution in [3.63, 3.8) is 0 Å². The molecule has 176 valence electrons. The first-order chi connectivity index (χ1) is 15.8. The van der Waals surface area contributed by atoms with Gasteiger partial charge in [-0.05, 0) is 55.3 Å². The van der Waals surface area contributed by atoms with Gasteiger partial charge in [0.05, 0.1) is 27.6 Å². The number of ether oxygens (including phenoxy) is 1. The number of nitrogens with zero attached hydrogens (tertiary/aromatic N) is 3. The third-order valence-electron chi connectivity index (χ3n) is 5.55. The smallest absolute Gasteiger partial charge is 0.252 e. The molecule has 2 aromatic carbocycles. The second-order valence-corrected chi connectivity index (χ2v) is 11.6. The molecule has 4 rings (SSSR count). The fraction of sp³-hybridized carbons (Fsp3) is 0.364. The largest absolute Gasteiger partial charge is 0.383 e. The van der Waals surface area contributed by atoms with E-state index in [2.05, 4.69) is 4.99 Å². The molecule has 3 aromatic rings. The number of thiazole rings is 1. The number of carbonyl (C=O) groups excluding carboxylic acids is 1. The molecule has 0 spiro atoms. The summed E-state index contributed by atoms with van der Waals surface area (Å²) in [5.41, 5.74) is 0.920. The van der Waals surface area contributed by atoms with Crippen molar-refractivity contribution in [1.29, 1.82) is 0 Å². The summed E-state index contributed by atoms with van der Waals surface area (Å²) in [4.78, 5) is 18.2. The highest BCUT2D eigenvalue weighted by Gasteiger charge is 2.33. The fourth-order valence-corrected chi connectivity index (χ4v) is 6.82. The first kappa shape index (κ1) is 24.4. The molecule has 1 atom stereocenters. The molecule has 0 bridgehead atoms. The SMILES string of the molecule is COCCn1c(=NC(=O)C2CCCN(S(=O)(=O)c3ccc(Cl)cc3)C2)sc2cc(Cl)ccc21. The molecule has 1 aliphatic rings. The molecule has 1 aromatic heterocycles. The number of amides is 1. The molecule has 1 unspecified atom stereocenters. The zero-order chi connectivity index (χ0) is 23.6. The summed E-state index contributed by atoms with van der Waals surface area (Å²) in [6.07, 6.45) is 1.17. The van der Waals surface area contributed by atoms with Gasteiger partial charge in [-0.1, -0.05) is 34.5 Å². The molecule has 1 aliphatic heterocycles. The molecule has 33 heavy (non-hydrogen) atoms. The molecular weight excluding hydrogens is 505 g/mol. The van der Waals surface area contributed by atoms with Crippen LogP contribution in [0.1, 0.15) is 12.8 Å². The summed E-state index contributed by atoms with van der Waals surface area (Å²) < 4.78 is 35.5. The van der Waals surface area contributed by atoms with Crippen molar-refractivity contribution < 1.29 is 17.9 Å². The Hall–Kier alpha value is -1.75. The predicted molar refractivity (Wildman–Crippen MR) is 130 cm³/mol. The Kier molecular flexibility index (Phi) is 7.57. The van der Waals surface area contributed by atoms with E-state index in [9.17, 15) is 13.2 Å². The van der Waals surface area contributed by atoms with E-state index in [0.29, 0.717) is 47.4 Å². The van der Waals surface area contributed by atoms with Gasteiger partial charge in [0.15, 0.2) is 4.80 Å². The first-order valence-electron chi connectivity index (χ1n) is 10.4. The highest BCUT2D eigenvalue weighted by atomic mass is 35.5. The lowest BCUT2D eigenvalue weighted by molar-refractivity contribution is -0.122. The maximum Gasteiger partial charge on any atom is 0.252 e. The minimum atomic E-state index is -3.72. The van der Waals surface area contributed by atoms with Gasteiger partial charge in [0, 0.05) is 36.8 Å².